The number of benzene rings is 1. The summed E-state index contributed by atoms with van der Waals surface area (Å²) in [5.74, 6) is -2.91. The van der Waals surface area contributed by atoms with E-state index in [-0.39, 0.29) is 26.1 Å². The Balaban J connectivity index is 1.94. The molecule has 1 atom stereocenters. The summed E-state index contributed by atoms with van der Waals surface area (Å²) in [5.41, 5.74) is 0.446. The second-order valence-corrected chi connectivity index (χ2v) is 4.85. The van der Waals surface area contributed by atoms with Crippen molar-refractivity contribution >= 4 is 12.0 Å². The van der Waals surface area contributed by atoms with Crippen molar-refractivity contribution in [1.82, 2.24) is 10.2 Å². The van der Waals surface area contributed by atoms with Gasteiger partial charge in [0, 0.05) is 13.1 Å². The van der Waals surface area contributed by atoms with Crippen LogP contribution in [0.15, 0.2) is 18.2 Å². The number of halogens is 2. The lowest BCUT2D eigenvalue weighted by Crippen LogP contribution is -2.47. The molecular weight excluding hydrogens is 298 g/mol. The highest BCUT2D eigenvalue weighted by Gasteiger charge is 2.26. The van der Waals surface area contributed by atoms with Gasteiger partial charge in [-0.2, -0.15) is 0 Å². The number of carbonyl (C=O) groups is 2. The number of hydrogen-bond donors (Lipinski definition) is 2. The van der Waals surface area contributed by atoms with E-state index in [0.29, 0.717) is 12.1 Å². The zero-order chi connectivity index (χ0) is 16.1. The van der Waals surface area contributed by atoms with Crippen molar-refractivity contribution < 1.29 is 28.2 Å². The summed E-state index contributed by atoms with van der Waals surface area (Å²) in [5, 5.41) is 11.0. The number of carboxylic acids is 1. The van der Waals surface area contributed by atoms with Crippen molar-refractivity contribution in [3.8, 4) is 0 Å². The van der Waals surface area contributed by atoms with E-state index in [1.807, 2.05) is 0 Å². The summed E-state index contributed by atoms with van der Waals surface area (Å²) in [4.78, 5) is 23.8. The predicted molar refractivity (Wildman–Crippen MR) is 72.3 cm³/mol. The number of urea groups is 1. The number of aliphatic carboxylic acids is 1. The Bertz CT molecular complexity index is 568. The standard InChI is InChI=1S/C14H16F2N2O4/c15-10-2-1-9(7-11(10)16)12-8-18(5-6-22-12)14(21)17-4-3-13(19)20/h1-2,7,12H,3-6,8H2,(H,17,21)(H,19,20). The van der Waals surface area contributed by atoms with Crippen LogP contribution in [0.5, 0.6) is 0 Å². The molecule has 1 aromatic carbocycles. The molecule has 120 valence electrons. The minimum atomic E-state index is -0.998. The molecule has 8 heteroatoms. The highest BCUT2D eigenvalue weighted by Crippen LogP contribution is 2.23. The van der Waals surface area contributed by atoms with Crippen LogP contribution in [0.1, 0.15) is 18.1 Å². The minimum Gasteiger partial charge on any atom is -0.481 e. The molecule has 2 rings (SSSR count). The van der Waals surface area contributed by atoms with Gasteiger partial charge in [0.15, 0.2) is 11.6 Å². The van der Waals surface area contributed by atoms with Crippen molar-refractivity contribution in [3.63, 3.8) is 0 Å². The van der Waals surface area contributed by atoms with Crippen LogP contribution in [-0.4, -0.2) is 48.2 Å². The Labute approximate surface area is 125 Å². The molecule has 1 heterocycles. The van der Waals surface area contributed by atoms with Crippen molar-refractivity contribution in [1.29, 1.82) is 0 Å². The third-order valence-corrected chi connectivity index (χ3v) is 3.28. The van der Waals surface area contributed by atoms with Gasteiger partial charge in [0.2, 0.25) is 0 Å². The molecule has 0 aromatic heterocycles. The topological polar surface area (TPSA) is 78.9 Å². The molecule has 1 aliphatic heterocycles. The normalized spacial score (nSPS) is 18.1. The summed E-state index contributed by atoms with van der Waals surface area (Å²) in [7, 11) is 0. The van der Waals surface area contributed by atoms with Crippen molar-refractivity contribution in [2.75, 3.05) is 26.2 Å². The molecule has 6 nitrogen and oxygen atoms in total. The highest BCUT2D eigenvalue weighted by molar-refractivity contribution is 5.75. The SMILES string of the molecule is O=C(O)CCNC(=O)N1CCOC(c2ccc(F)c(F)c2)C1. The largest absolute Gasteiger partial charge is 0.481 e. The first kappa shape index (κ1) is 16.2. The van der Waals surface area contributed by atoms with Crippen LogP contribution in [0.3, 0.4) is 0 Å². The number of hydrogen-bond acceptors (Lipinski definition) is 3. The third kappa shape index (κ3) is 4.14. The van der Waals surface area contributed by atoms with E-state index < -0.39 is 29.7 Å². The molecule has 1 unspecified atom stereocenters. The van der Waals surface area contributed by atoms with Crippen LogP contribution >= 0.6 is 0 Å². The van der Waals surface area contributed by atoms with Crippen LogP contribution in [0.4, 0.5) is 13.6 Å². The molecule has 0 radical (unpaired) electrons. The molecule has 1 saturated heterocycles. The van der Waals surface area contributed by atoms with E-state index in [4.69, 9.17) is 9.84 Å². The molecule has 1 aliphatic rings. The number of carboxylic acid groups (broad SMARTS) is 1. The molecule has 0 bridgehead atoms. The van der Waals surface area contributed by atoms with Gasteiger partial charge in [0.25, 0.3) is 0 Å². The van der Waals surface area contributed by atoms with E-state index in [1.165, 1.54) is 11.0 Å². The first-order valence-electron chi connectivity index (χ1n) is 6.78. The lowest BCUT2D eigenvalue weighted by Gasteiger charge is -2.33. The zero-order valence-electron chi connectivity index (χ0n) is 11.7. The molecule has 1 fully saturated rings. The number of amides is 2. The van der Waals surface area contributed by atoms with E-state index in [0.717, 1.165) is 12.1 Å². The van der Waals surface area contributed by atoms with Gasteiger partial charge >= 0.3 is 12.0 Å². The smallest absolute Gasteiger partial charge is 0.317 e. The summed E-state index contributed by atoms with van der Waals surface area (Å²) in [6.45, 7) is 0.820. The Morgan fingerprint density at radius 3 is 2.82 bits per heavy atom. The average Bonchev–Trinajstić information content (AvgIpc) is 2.49. The van der Waals surface area contributed by atoms with E-state index in [1.54, 1.807) is 0 Å². The lowest BCUT2D eigenvalue weighted by atomic mass is 10.1. The van der Waals surface area contributed by atoms with Crippen LogP contribution in [-0.2, 0) is 9.53 Å². The molecular formula is C14H16F2N2O4. The van der Waals surface area contributed by atoms with Crippen LogP contribution in [0.25, 0.3) is 0 Å². The molecule has 22 heavy (non-hydrogen) atoms. The van der Waals surface area contributed by atoms with Crippen LogP contribution in [0, 0.1) is 11.6 Å². The van der Waals surface area contributed by atoms with Crippen molar-refractivity contribution in [2.24, 2.45) is 0 Å². The Morgan fingerprint density at radius 2 is 2.14 bits per heavy atom. The van der Waals surface area contributed by atoms with Gasteiger partial charge in [-0.05, 0) is 17.7 Å². The fourth-order valence-electron chi connectivity index (χ4n) is 2.14. The molecule has 2 amide bonds. The number of rotatable bonds is 4. The molecule has 0 spiro atoms. The maximum absolute atomic E-state index is 13.3. The maximum atomic E-state index is 13.3. The first-order valence-corrected chi connectivity index (χ1v) is 6.78. The summed E-state index contributed by atoms with van der Waals surface area (Å²) in [6, 6.07) is 3.07. The van der Waals surface area contributed by atoms with Crippen molar-refractivity contribution in [2.45, 2.75) is 12.5 Å². The second kappa shape index (κ2) is 7.17. The number of nitrogens with one attached hydrogen (secondary N) is 1. The number of carbonyl (C=O) groups excluding carboxylic acids is 1. The Hall–Kier alpha value is -2.22. The van der Waals surface area contributed by atoms with Crippen molar-refractivity contribution in [3.05, 3.63) is 35.4 Å². The van der Waals surface area contributed by atoms with Gasteiger partial charge in [-0.25, -0.2) is 13.6 Å². The second-order valence-electron chi connectivity index (χ2n) is 4.85. The quantitative estimate of drug-likeness (QED) is 0.883. The number of morpholine rings is 1. The highest BCUT2D eigenvalue weighted by atomic mass is 19.2. The first-order chi connectivity index (χ1) is 10.5. The molecule has 2 N–H and O–H groups in total. The zero-order valence-corrected chi connectivity index (χ0v) is 11.7. The van der Waals surface area contributed by atoms with E-state index >= 15 is 0 Å². The molecule has 1 aromatic rings. The molecule has 0 aliphatic carbocycles. The number of ether oxygens (including phenoxy) is 1. The van der Waals surface area contributed by atoms with Gasteiger partial charge < -0.3 is 20.1 Å². The third-order valence-electron chi connectivity index (χ3n) is 3.28. The fourth-order valence-corrected chi connectivity index (χ4v) is 2.14. The average molecular weight is 314 g/mol. The Morgan fingerprint density at radius 1 is 1.36 bits per heavy atom. The lowest BCUT2D eigenvalue weighted by molar-refractivity contribution is -0.136. The van der Waals surface area contributed by atoms with E-state index in [2.05, 4.69) is 5.32 Å². The van der Waals surface area contributed by atoms with Gasteiger partial charge in [-0.3, -0.25) is 4.79 Å². The predicted octanol–water partition coefficient (Wildman–Crippen LogP) is 1.52. The van der Waals surface area contributed by atoms with Gasteiger partial charge in [0.05, 0.1) is 19.6 Å². The van der Waals surface area contributed by atoms with E-state index in [9.17, 15) is 18.4 Å². The summed E-state index contributed by atoms with van der Waals surface area (Å²) < 4.78 is 31.7. The van der Waals surface area contributed by atoms with Crippen LogP contribution < -0.4 is 5.32 Å². The maximum Gasteiger partial charge on any atom is 0.317 e. The summed E-state index contributed by atoms with van der Waals surface area (Å²) >= 11 is 0. The number of nitrogens with zero attached hydrogens (tertiary/aromatic N) is 1. The fraction of sp³-hybridized carbons (Fsp3) is 0.429. The van der Waals surface area contributed by atoms with Gasteiger partial charge in [0.1, 0.15) is 6.10 Å². The monoisotopic (exact) mass is 314 g/mol. The summed E-state index contributed by atoms with van der Waals surface area (Å²) in [6.07, 6.45) is -0.711. The van der Waals surface area contributed by atoms with Gasteiger partial charge in [-0.1, -0.05) is 6.07 Å². The molecule has 0 saturated carbocycles. The van der Waals surface area contributed by atoms with Gasteiger partial charge in [-0.15, -0.1) is 0 Å². The van der Waals surface area contributed by atoms with Crippen LogP contribution in [0.2, 0.25) is 0 Å². The minimum absolute atomic E-state index is 0.0291. The Kier molecular flexibility index (Phi) is 5.26.